The average molecular weight is 243 g/mol. The number of carbonyl (C=O) groups is 1. The lowest BCUT2D eigenvalue weighted by atomic mass is 10.1. The average Bonchev–Trinajstić information content (AvgIpc) is 2.64. The number of hydrogen-bond donors (Lipinski definition) is 1. The first-order valence-electron chi connectivity index (χ1n) is 5.86. The number of anilines is 1. The quantitative estimate of drug-likeness (QED) is 0.881. The van der Waals surface area contributed by atoms with E-state index in [-0.39, 0.29) is 5.91 Å². The fourth-order valence-electron chi connectivity index (χ4n) is 1.79. The van der Waals surface area contributed by atoms with Gasteiger partial charge in [-0.2, -0.15) is 5.10 Å². The molecule has 0 aliphatic rings. The summed E-state index contributed by atoms with van der Waals surface area (Å²) < 4.78 is 1.66. The number of carbonyl (C=O) groups excluding carboxylic acids is 1. The van der Waals surface area contributed by atoms with E-state index in [2.05, 4.69) is 10.4 Å². The minimum absolute atomic E-state index is 0.107. The Balaban J connectivity index is 2.25. The molecule has 4 heteroatoms. The van der Waals surface area contributed by atoms with Crippen molar-refractivity contribution in [2.75, 3.05) is 5.32 Å². The lowest BCUT2D eigenvalue weighted by Gasteiger charge is -2.08. The van der Waals surface area contributed by atoms with Crippen LogP contribution in [0.2, 0.25) is 0 Å². The zero-order valence-corrected chi connectivity index (χ0v) is 11.1. The van der Waals surface area contributed by atoms with Gasteiger partial charge in [0.1, 0.15) is 5.82 Å². The van der Waals surface area contributed by atoms with E-state index in [0.717, 1.165) is 16.9 Å². The Hall–Kier alpha value is -2.10. The molecule has 1 aromatic carbocycles. The maximum atomic E-state index is 12.1. The fourth-order valence-corrected chi connectivity index (χ4v) is 1.79. The Morgan fingerprint density at radius 1 is 1.17 bits per heavy atom. The molecule has 0 spiro atoms. The van der Waals surface area contributed by atoms with Gasteiger partial charge in [0.2, 0.25) is 0 Å². The van der Waals surface area contributed by atoms with Gasteiger partial charge in [-0.25, -0.2) is 0 Å². The molecular formula is C14H17N3O. The van der Waals surface area contributed by atoms with Crippen molar-refractivity contribution in [3.8, 4) is 0 Å². The lowest BCUT2D eigenvalue weighted by molar-refractivity contribution is 0.102. The number of benzene rings is 1. The van der Waals surface area contributed by atoms with Gasteiger partial charge in [0.05, 0.1) is 6.20 Å². The number of aromatic nitrogens is 2. The zero-order chi connectivity index (χ0) is 13.3. The van der Waals surface area contributed by atoms with Gasteiger partial charge < -0.3 is 5.32 Å². The van der Waals surface area contributed by atoms with E-state index >= 15 is 0 Å². The molecule has 0 saturated carbocycles. The maximum absolute atomic E-state index is 12.1. The van der Waals surface area contributed by atoms with Crippen molar-refractivity contribution >= 4 is 11.7 Å². The molecule has 1 heterocycles. The summed E-state index contributed by atoms with van der Waals surface area (Å²) in [6, 6.07) is 5.69. The summed E-state index contributed by atoms with van der Waals surface area (Å²) in [5.41, 5.74) is 3.92. The van der Waals surface area contributed by atoms with Crippen LogP contribution in [0.25, 0.3) is 0 Å². The van der Waals surface area contributed by atoms with Crippen LogP contribution in [0.3, 0.4) is 0 Å². The third kappa shape index (κ3) is 2.27. The van der Waals surface area contributed by atoms with E-state index in [0.29, 0.717) is 5.56 Å². The van der Waals surface area contributed by atoms with Crippen LogP contribution < -0.4 is 5.32 Å². The molecule has 0 saturated heterocycles. The van der Waals surface area contributed by atoms with Gasteiger partial charge in [-0.15, -0.1) is 0 Å². The number of nitrogens with one attached hydrogen (secondary N) is 1. The van der Waals surface area contributed by atoms with Crippen molar-refractivity contribution in [1.29, 1.82) is 0 Å². The topological polar surface area (TPSA) is 46.9 Å². The molecule has 1 N–H and O–H groups in total. The van der Waals surface area contributed by atoms with Crippen molar-refractivity contribution in [2.24, 2.45) is 7.05 Å². The van der Waals surface area contributed by atoms with E-state index in [1.807, 2.05) is 46.0 Å². The van der Waals surface area contributed by atoms with E-state index in [4.69, 9.17) is 0 Å². The lowest BCUT2D eigenvalue weighted by Crippen LogP contribution is -2.15. The number of rotatable bonds is 2. The van der Waals surface area contributed by atoms with Crippen LogP contribution in [0, 0.1) is 20.8 Å². The predicted octanol–water partition coefficient (Wildman–Crippen LogP) is 2.60. The monoisotopic (exact) mass is 243 g/mol. The minimum atomic E-state index is -0.107. The van der Waals surface area contributed by atoms with Crippen LogP contribution in [0.4, 0.5) is 5.82 Å². The fraction of sp³-hybridized carbons (Fsp3) is 0.286. The molecular weight excluding hydrogens is 226 g/mol. The Labute approximate surface area is 107 Å². The highest BCUT2D eigenvalue weighted by molar-refractivity contribution is 6.04. The highest BCUT2D eigenvalue weighted by Crippen LogP contribution is 2.15. The van der Waals surface area contributed by atoms with E-state index in [1.54, 1.807) is 10.9 Å². The van der Waals surface area contributed by atoms with Gasteiger partial charge in [-0.05, 0) is 44.0 Å². The Kier molecular flexibility index (Phi) is 3.19. The molecule has 2 rings (SSSR count). The number of hydrogen-bond acceptors (Lipinski definition) is 2. The van der Waals surface area contributed by atoms with E-state index < -0.39 is 0 Å². The predicted molar refractivity (Wildman–Crippen MR) is 71.8 cm³/mol. The second-order valence-electron chi connectivity index (χ2n) is 4.55. The molecule has 1 amide bonds. The van der Waals surface area contributed by atoms with Crippen molar-refractivity contribution in [2.45, 2.75) is 20.8 Å². The van der Waals surface area contributed by atoms with E-state index in [9.17, 15) is 4.79 Å². The minimum Gasteiger partial charge on any atom is -0.307 e. The maximum Gasteiger partial charge on any atom is 0.256 e. The first-order chi connectivity index (χ1) is 8.49. The van der Waals surface area contributed by atoms with Gasteiger partial charge in [0.15, 0.2) is 0 Å². The van der Waals surface area contributed by atoms with Gasteiger partial charge in [0, 0.05) is 18.2 Å². The summed E-state index contributed by atoms with van der Waals surface area (Å²) in [6.07, 6.45) is 1.73. The Bertz CT molecular complexity index is 580. The normalized spacial score (nSPS) is 10.4. The molecule has 0 fully saturated rings. The largest absolute Gasteiger partial charge is 0.307 e. The van der Waals surface area contributed by atoms with Gasteiger partial charge in [-0.3, -0.25) is 9.48 Å². The smallest absolute Gasteiger partial charge is 0.256 e. The third-order valence-corrected chi connectivity index (χ3v) is 3.12. The highest BCUT2D eigenvalue weighted by atomic mass is 16.1. The summed E-state index contributed by atoms with van der Waals surface area (Å²) >= 11 is 0. The molecule has 18 heavy (non-hydrogen) atoms. The van der Waals surface area contributed by atoms with Crippen molar-refractivity contribution < 1.29 is 4.79 Å². The van der Waals surface area contributed by atoms with Crippen LogP contribution in [0.1, 0.15) is 27.0 Å². The molecule has 0 aliphatic carbocycles. The van der Waals surface area contributed by atoms with E-state index in [1.165, 1.54) is 5.56 Å². The first-order valence-corrected chi connectivity index (χ1v) is 5.86. The van der Waals surface area contributed by atoms with Crippen LogP contribution in [0.5, 0.6) is 0 Å². The standard InChI is InChI=1S/C14H17N3O/c1-9-5-6-12(7-10(9)2)14(18)16-13-11(3)8-15-17(13)4/h5-8H,1-4H3,(H,16,18). The van der Waals surface area contributed by atoms with Crippen LogP contribution in [0.15, 0.2) is 24.4 Å². The van der Waals surface area contributed by atoms with Gasteiger partial charge >= 0.3 is 0 Å². The van der Waals surface area contributed by atoms with Crippen LogP contribution >= 0.6 is 0 Å². The highest BCUT2D eigenvalue weighted by Gasteiger charge is 2.11. The second-order valence-corrected chi connectivity index (χ2v) is 4.55. The summed E-state index contributed by atoms with van der Waals surface area (Å²) in [4.78, 5) is 12.1. The zero-order valence-electron chi connectivity index (χ0n) is 11.1. The molecule has 0 atom stereocenters. The molecule has 0 unspecified atom stereocenters. The molecule has 0 radical (unpaired) electrons. The Morgan fingerprint density at radius 2 is 1.89 bits per heavy atom. The van der Waals surface area contributed by atoms with Gasteiger partial charge in [-0.1, -0.05) is 6.07 Å². The summed E-state index contributed by atoms with van der Waals surface area (Å²) in [6.45, 7) is 5.95. The van der Waals surface area contributed by atoms with Crippen LogP contribution in [-0.4, -0.2) is 15.7 Å². The summed E-state index contributed by atoms with van der Waals surface area (Å²) in [5, 5.41) is 6.98. The number of aryl methyl sites for hydroxylation is 4. The van der Waals surface area contributed by atoms with Gasteiger partial charge in [0.25, 0.3) is 5.91 Å². The van der Waals surface area contributed by atoms with Crippen LogP contribution in [-0.2, 0) is 7.05 Å². The molecule has 0 aliphatic heterocycles. The third-order valence-electron chi connectivity index (χ3n) is 3.12. The second kappa shape index (κ2) is 4.64. The number of amides is 1. The summed E-state index contributed by atoms with van der Waals surface area (Å²) in [7, 11) is 1.81. The molecule has 2 aromatic rings. The number of nitrogens with zero attached hydrogens (tertiary/aromatic N) is 2. The van der Waals surface area contributed by atoms with Crippen molar-refractivity contribution in [3.05, 3.63) is 46.6 Å². The first kappa shape index (κ1) is 12.4. The van der Waals surface area contributed by atoms with Crippen molar-refractivity contribution in [3.63, 3.8) is 0 Å². The molecule has 1 aromatic heterocycles. The SMILES string of the molecule is Cc1ccc(C(=O)Nc2c(C)cnn2C)cc1C. The van der Waals surface area contributed by atoms with Crippen molar-refractivity contribution in [1.82, 2.24) is 9.78 Å². The Morgan fingerprint density at radius 3 is 2.44 bits per heavy atom. The molecule has 94 valence electrons. The molecule has 4 nitrogen and oxygen atoms in total. The summed E-state index contributed by atoms with van der Waals surface area (Å²) in [5.74, 6) is 0.628. The molecule has 0 bridgehead atoms.